The van der Waals surface area contributed by atoms with E-state index in [0.717, 1.165) is 0 Å². The molecule has 12 heteroatoms. The number of anilines is 1. The number of carbonyl (C=O) groups excluding carboxylic acids is 1. The number of halogens is 4. The maximum atomic E-state index is 12.4. The zero-order chi connectivity index (χ0) is 15.6. The van der Waals surface area contributed by atoms with Crippen LogP contribution in [0.5, 0.6) is 0 Å². The molecule has 122 valence electrons. The van der Waals surface area contributed by atoms with Crippen LogP contribution in [0.25, 0.3) is 0 Å². The lowest BCUT2D eigenvalue weighted by atomic mass is 10.1. The minimum Gasteiger partial charge on any atom is -0.305 e. The van der Waals surface area contributed by atoms with E-state index in [0.29, 0.717) is 5.56 Å². The molecule has 2 aromatic rings. The molecule has 0 aliphatic rings. The second-order valence-corrected chi connectivity index (χ2v) is 5.05. The Labute approximate surface area is 133 Å². The van der Waals surface area contributed by atoms with Crippen molar-refractivity contribution in [1.29, 1.82) is 0 Å². The molecular formula is C10H12ClF3N6OS. The van der Waals surface area contributed by atoms with Crippen molar-refractivity contribution < 1.29 is 18.0 Å². The Balaban J connectivity index is 0.00000242. The normalized spacial score (nSPS) is 12.6. The third-order valence-corrected chi connectivity index (χ3v) is 3.39. The number of alkyl halides is 3. The fourth-order valence-corrected chi connectivity index (χ4v) is 2.22. The average molecular weight is 357 g/mol. The Morgan fingerprint density at radius 2 is 2.09 bits per heavy atom. The molecular weight excluding hydrogens is 345 g/mol. The zero-order valence-electron chi connectivity index (χ0n) is 11.4. The Bertz CT molecular complexity index is 643. The van der Waals surface area contributed by atoms with Crippen LogP contribution in [0.15, 0.2) is 12.4 Å². The monoisotopic (exact) mass is 356 g/mol. The van der Waals surface area contributed by atoms with Gasteiger partial charge in [-0.05, 0) is 7.05 Å². The molecule has 0 fully saturated rings. The SMILES string of the molecule is CNC(C(=O)Nc1nnc(C(F)(F)F)s1)c1cnn(C)c1.Cl. The molecule has 0 spiro atoms. The number of aromatic nitrogens is 4. The lowest BCUT2D eigenvalue weighted by molar-refractivity contribution is -0.138. The van der Waals surface area contributed by atoms with Crippen molar-refractivity contribution in [1.82, 2.24) is 25.3 Å². The molecule has 0 aliphatic heterocycles. The number of likely N-dealkylation sites (N-methyl/N-ethyl adjacent to an activating group) is 1. The molecule has 22 heavy (non-hydrogen) atoms. The van der Waals surface area contributed by atoms with Crippen LogP contribution in [0, 0.1) is 0 Å². The van der Waals surface area contributed by atoms with Crippen molar-refractivity contribution >= 4 is 34.8 Å². The highest BCUT2D eigenvalue weighted by Crippen LogP contribution is 2.33. The van der Waals surface area contributed by atoms with E-state index in [4.69, 9.17) is 0 Å². The molecule has 2 N–H and O–H groups in total. The summed E-state index contributed by atoms with van der Waals surface area (Å²) >= 11 is 0.269. The highest BCUT2D eigenvalue weighted by molar-refractivity contribution is 7.15. The van der Waals surface area contributed by atoms with Crippen molar-refractivity contribution in [2.45, 2.75) is 12.2 Å². The van der Waals surface area contributed by atoms with Gasteiger partial charge in [0, 0.05) is 18.8 Å². The minimum atomic E-state index is -4.58. The van der Waals surface area contributed by atoms with Crippen molar-refractivity contribution in [3.63, 3.8) is 0 Å². The van der Waals surface area contributed by atoms with Crippen LogP contribution in [-0.4, -0.2) is 32.9 Å². The van der Waals surface area contributed by atoms with Crippen molar-refractivity contribution in [3.8, 4) is 0 Å². The molecule has 1 amide bonds. The van der Waals surface area contributed by atoms with Crippen molar-refractivity contribution in [2.75, 3.05) is 12.4 Å². The molecule has 0 aromatic carbocycles. The number of amides is 1. The van der Waals surface area contributed by atoms with Crippen molar-refractivity contribution in [3.05, 3.63) is 23.0 Å². The van der Waals surface area contributed by atoms with Gasteiger partial charge in [-0.3, -0.25) is 14.8 Å². The third-order valence-electron chi connectivity index (χ3n) is 2.51. The molecule has 0 bridgehead atoms. The molecule has 1 atom stereocenters. The topological polar surface area (TPSA) is 84.7 Å². The van der Waals surface area contributed by atoms with Gasteiger partial charge in [-0.25, -0.2) is 0 Å². The smallest absolute Gasteiger partial charge is 0.305 e. The standard InChI is InChI=1S/C10H11F3N6OS.ClH/c1-14-6(5-3-15-19(2)4-5)7(20)16-9-18-17-8(21-9)10(11,12)13;/h3-4,6,14H,1-2H3,(H,16,18,20);1H. The summed E-state index contributed by atoms with van der Waals surface area (Å²) in [5, 5.41) is 14.0. The quantitative estimate of drug-likeness (QED) is 0.869. The Kier molecular flexibility index (Phi) is 5.85. The van der Waals surface area contributed by atoms with Crippen LogP contribution in [0.4, 0.5) is 18.3 Å². The lowest BCUT2D eigenvalue weighted by Gasteiger charge is -2.12. The van der Waals surface area contributed by atoms with E-state index in [2.05, 4.69) is 25.9 Å². The number of aryl methyl sites for hydroxylation is 1. The van der Waals surface area contributed by atoms with Gasteiger partial charge in [-0.15, -0.1) is 22.6 Å². The third kappa shape index (κ3) is 4.15. The van der Waals surface area contributed by atoms with E-state index < -0.39 is 23.1 Å². The highest BCUT2D eigenvalue weighted by Gasteiger charge is 2.36. The molecule has 0 aliphatic carbocycles. The van der Waals surface area contributed by atoms with E-state index >= 15 is 0 Å². The van der Waals surface area contributed by atoms with Gasteiger partial charge in [-0.1, -0.05) is 11.3 Å². The van der Waals surface area contributed by atoms with E-state index in [1.807, 2.05) is 0 Å². The van der Waals surface area contributed by atoms with E-state index in [1.54, 1.807) is 20.3 Å². The summed E-state index contributed by atoms with van der Waals surface area (Å²) in [7, 11) is 3.24. The zero-order valence-corrected chi connectivity index (χ0v) is 13.0. The predicted molar refractivity (Wildman–Crippen MR) is 75.8 cm³/mol. The molecule has 0 saturated heterocycles. The Morgan fingerprint density at radius 1 is 1.41 bits per heavy atom. The fraction of sp³-hybridized carbons (Fsp3) is 0.400. The largest absolute Gasteiger partial charge is 0.445 e. The first-order chi connectivity index (χ1) is 9.81. The molecule has 0 saturated carbocycles. The molecule has 2 rings (SSSR count). The number of nitrogens with zero attached hydrogens (tertiary/aromatic N) is 4. The fourth-order valence-electron chi connectivity index (χ4n) is 1.60. The number of nitrogens with one attached hydrogen (secondary N) is 2. The molecule has 0 radical (unpaired) electrons. The number of rotatable bonds is 4. The van der Waals surface area contributed by atoms with E-state index in [1.165, 1.54) is 10.9 Å². The van der Waals surface area contributed by atoms with Crippen LogP contribution in [0.1, 0.15) is 16.6 Å². The summed E-state index contributed by atoms with van der Waals surface area (Å²) in [6.45, 7) is 0. The maximum absolute atomic E-state index is 12.4. The van der Waals surface area contributed by atoms with E-state index in [9.17, 15) is 18.0 Å². The number of hydrogen-bond acceptors (Lipinski definition) is 6. The first kappa shape index (κ1) is 18.3. The van der Waals surface area contributed by atoms with E-state index in [-0.39, 0.29) is 28.9 Å². The molecule has 1 unspecified atom stereocenters. The first-order valence-electron chi connectivity index (χ1n) is 5.68. The van der Waals surface area contributed by atoms with Gasteiger partial charge in [-0.2, -0.15) is 18.3 Å². The van der Waals surface area contributed by atoms with Gasteiger partial charge in [0.2, 0.25) is 16.0 Å². The van der Waals surface area contributed by atoms with Gasteiger partial charge >= 0.3 is 6.18 Å². The van der Waals surface area contributed by atoms with Gasteiger partial charge in [0.1, 0.15) is 6.04 Å². The summed E-state index contributed by atoms with van der Waals surface area (Å²) < 4.78 is 38.7. The average Bonchev–Trinajstić information content (AvgIpc) is 2.99. The van der Waals surface area contributed by atoms with Crippen LogP contribution < -0.4 is 10.6 Å². The number of carbonyl (C=O) groups is 1. The van der Waals surface area contributed by atoms with Crippen LogP contribution >= 0.6 is 23.7 Å². The summed E-state index contributed by atoms with van der Waals surface area (Å²) in [4.78, 5) is 12.1. The second kappa shape index (κ2) is 7.03. The minimum absolute atomic E-state index is 0. The second-order valence-electron chi connectivity index (χ2n) is 4.07. The van der Waals surface area contributed by atoms with Crippen molar-refractivity contribution in [2.24, 2.45) is 7.05 Å². The first-order valence-corrected chi connectivity index (χ1v) is 6.50. The summed E-state index contributed by atoms with van der Waals surface area (Å²) in [5.74, 6) is -0.546. The van der Waals surface area contributed by atoms with Gasteiger partial charge in [0.05, 0.1) is 6.20 Å². The Morgan fingerprint density at radius 3 is 2.55 bits per heavy atom. The van der Waals surface area contributed by atoms with Crippen LogP contribution in [-0.2, 0) is 18.0 Å². The van der Waals surface area contributed by atoms with Gasteiger partial charge in [0.15, 0.2) is 0 Å². The Hall–Kier alpha value is -1.72. The molecule has 2 heterocycles. The highest BCUT2D eigenvalue weighted by atomic mass is 35.5. The summed E-state index contributed by atoms with van der Waals surface area (Å²) in [6.07, 6.45) is -1.46. The summed E-state index contributed by atoms with van der Waals surface area (Å²) in [6, 6.07) is -0.753. The predicted octanol–water partition coefficient (Wildman–Crippen LogP) is 1.61. The molecule has 7 nitrogen and oxygen atoms in total. The maximum Gasteiger partial charge on any atom is 0.445 e. The van der Waals surface area contributed by atoms with Gasteiger partial charge in [0.25, 0.3) is 0 Å². The molecule has 2 aromatic heterocycles. The lowest BCUT2D eigenvalue weighted by Crippen LogP contribution is -2.30. The summed E-state index contributed by atoms with van der Waals surface area (Å²) in [5.41, 5.74) is 0.582. The number of hydrogen-bond donors (Lipinski definition) is 2. The van der Waals surface area contributed by atoms with Crippen LogP contribution in [0.2, 0.25) is 0 Å². The van der Waals surface area contributed by atoms with Crippen LogP contribution in [0.3, 0.4) is 0 Å². The van der Waals surface area contributed by atoms with Gasteiger partial charge < -0.3 is 5.32 Å².